The Balaban J connectivity index is 1.69. The number of carbonyl (C=O) groups is 1. The zero-order chi connectivity index (χ0) is 16.7. The highest BCUT2D eigenvalue weighted by molar-refractivity contribution is 6.31. The summed E-state index contributed by atoms with van der Waals surface area (Å²) < 4.78 is 5.85. The van der Waals surface area contributed by atoms with Crippen LogP contribution in [0.25, 0.3) is 11.0 Å². The number of furan rings is 1. The van der Waals surface area contributed by atoms with E-state index in [1.165, 1.54) is 0 Å². The minimum absolute atomic E-state index is 0.0564. The fourth-order valence-electron chi connectivity index (χ4n) is 2.97. The number of halogens is 1. The van der Waals surface area contributed by atoms with Gasteiger partial charge in [-0.15, -0.1) is 0 Å². The predicted octanol–water partition coefficient (Wildman–Crippen LogP) is 4.59. The lowest BCUT2D eigenvalue weighted by Crippen LogP contribution is -2.32. The van der Waals surface area contributed by atoms with E-state index >= 15 is 0 Å². The molecule has 4 nitrogen and oxygen atoms in total. The van der Waals surface area contributed by atoms with E-state index in [9.17, 15) is 4.79 Å². The Morgan fingerprint density at radius 3 is 2.75 bits per heavy atom. The molecule has 0 N–H and O–H groups in total. The molecule has 0 saturated heterocycles. The molecular formula is C19H17ClN2O2. The first-order chi connectivity index (χ1) is 11.6. The van der Waals surface area contributed by atoms with Crippen molar-refractivity contribution in [2.24, 2.45) is 0 Å². The molecule has 0 radical (unpaired) electrons. The molecule has 0 unspecified atom stereocenters. The van der Waals surface area contributed by atoms with Gasteiger partial charge in [0.1, 0.15) is 5.58 Å². The second kappa shape index (κ2) is 5.95. The zero-order valence-corrected chi connectivity index (χ0v) is 14.1. The number of nitrogens with zero attached hydrogens (tertiary/aromatic N) is 2. The number of pyridine rings is 1. The van der Waals surface area contributed by atoms with Crippen LogP contribution in [-0.4, -0.2) is 21.8 Å². The molecule has 5 heteroatoms. The van der Waals surface area contributed by atoms with E-state index in [0.29, 0.717) is 29.0 Å². The highest BCUT2D eigenvalue weighted by atomic mass is 35.5. The minimum atomic E-state index is -0.0564. The summed E-state index contributed by atoms with van der Waals surface area (Å²) in [6.07, 6.45) is 5.59. The average molecular weight is 341 g/mol. The largest absolute Gasteiger partial charge is 0.451 e. The normalized spacial score (nSPS) is 14.1. The van der Waals surface area contributed by atoms with Crippen molar-refractivity contribution in [3.63, 3.8) is 0 Å². The van der Waals surface area contributed by atoms with Crippen molar-refractivity contribution in [1.29, 1.82) is 0 Å². The lowest BCUT2D eigenvalue weighted by Gasteiger charge is -2.21. The van der Waals surface area contributed by atoms with Gasteiger partial charge in [0.15, 0.2) is 5.76 Å². The van der Waals surface area contributed by atoms with Gasteiger partial charge in [0, 0.05) is 41.0 Å². The fourth-order valence-corrected chi connectivity index (χ4v) is 3.14. The number of amides is 1. The highest BCUT2D eigenvalue weighted by Gasteiger charge is 2.35. The third-order valence-corrected chi connectivity index (χ3v) is 4.68. The van der Waals surface area contributed by atoms with Crippen molar-refractivity contribution >= 4 is 28.5 Å². The molecule has 4 rings (SSSR count). The molecular weight excluding hydrogens is 324 g/mol. The molecule has 0 spiro atoms. The minimum Gasteiger partial charge on any atom is -0.451 e. The number of benzene rings is 1. The second-order valence-electron chi connectivity index (χ2n) is 6.22. The Morgan fingerprint density at radius 1 is 1.29 bits per heavy atom. The van der Waals surface area contributed by atoms with E-state index in [0.717, 1.165) is 29.4 Å². The first kappa shape index (κ1) is 15.2. The van der Waals surface area contributed by atoms with Gasteiger partial charge in [0.05, 0.1) is 0 Å². The standard InChI is InChI=1S/C19H17ClN2O2/c1-12-16-10-14(20)2-5-17(16)24-18(12)19(23)22(15-3-4-15)11-13-6-8-21-9-7-13/h2,5-10,15H,3-4,11H2,1H3. The molecule has 1 fully saturated rings. The summed E-state index contributed by atoms with van der Waals surface area (Å²) in [4.78, 5) is 19.0. The van der Waals surface area contributed by atoms with Gasteiger partial charge in [-0.25, -0.2) is 0 Å². The Morgan fingerprint density at radius 2 is 2.04 bits per heavy atom. The summed E-state index contributed by atoms with van der Waals surface area (Å²) in [5.41, 5.74) is 2.61. The third-order valence-electron chi connectivity index (χ3n) is 4.44. The van der Waals surface area contributed by atoms with Crippen molar-refractivity contribution in [3.8, 4) is 0 Å². The van der Waals surface area contributed by atoms with Crippen molar-refractivity contribution in [2.45, 2.75) is 32.4 Å². The van der Waals surface area contributed by atoms with Gasteiger partial charge in [-0.1, -0.05) is 11.6 Å². The summed E-state index contributed by atoms with van der Waals surface area (Å²) >= 11 is 6.07. The number of fused-ring (bicyclic) bond motifs is 1. The Bertz CT molecular complexity index is 900. The quantitative estimate of drug-likeness (QED) is 0.697. The van der Waals surface area contributed by atoms with Gasteiger partial charge >= 0.3 is 0 Å². The maximum absolute atomic E-state index is 13.1. The number of hydrogen-bond acceptors (Lipinski definition) is 3. The van der Waals surface area contributed by atoms with Crippen LogP contribution < -0.4 is 0 Å². The van der Waals surface area contributed by atoms with Crippen molar-refractivity contribution in [3.05, 3.63) is 64.6 Å². The van der Waals surface area contributed by atoms with Crippen molar-refractivity contribution in [1.82, 2.24) is 9.88 Å². The molecule has 0 atom stereocenters. The van der Waals surface area contributed by atoms with Gasteiger partial charge in [-0.05, 0) is 55.7 Å². The average Bonchev–Trinajstić information content (AvgIpc) is 3.38. The molecule has 1 aromatic carbocycles. The summed E-state index contributed by atoms with van der Waals surface area (Å²) in [6.45, 7) is 2.48. The van der Waals surface area contributed by atoms with Crippen molar-refractivity contribution < 1.29 is 9.21 Å². The van der Waals surface area contributed by atoms with Gasteiger partial charge in [0.2, 0.25) is 0 Å². The molecule has 0 bridgehead atoms. The number of hydrogen-bond donors (Lipinski definition) is 0. The lowest BCUT2D eigenvalue weighted by atomic mass is 10.1. The monoisotopic (exact) mass is 340 g/mol. The van der Waals surface area contributed by atoms with Gasteiger partial charge in [0.25, 0.3) is 5.91 Å². The number of carbonyl (C=O) groups excluding carboxylic acids is 1. The number of aromatic nitrogens is 1. The van der Waals surface area contributed by atoms with Gasteiger partial charge < -0.3 is 9.32 Å². The maximum Gasteiger partial charge on any atom is 0.290 e. The van der Waals surface area contributed by atoms with Crippen LogP contribution in [0, 0.1) is 6.92 Å². The lowest BCUT2D eigenvalue weighted by molar-refractivity contribution is 0.0699. The molecule has 2 aromatic heterocycles. The van der Waals surface area contributed by atoms with Crippen LogP contribution in [0.5, 0.6) is 0 Å². The second-order valence-corrected chi connectivity index (χ2v) is 6.65. The number of rotatable bonds is 4. The van der Waals surface area contributed by atoms with Crippen molar-refractivity contribution in [2.75, 3.05) is 0 Å². The van der Waals surface area contributed by atoms with Gasteiger partial charge in [-0.2, -0.15) is 0 Å². The van der Waals surface area contributed by atoms with Crippen LogP contribution in [0.2, 0.25) is 5.02 Å². The van der Waals surface area contributed by atoms with E-state index in [1.807, 2.05) is 36.1 Å². The molecule has 122 valence electrons. The first-order valence-corrected chi connectivity index (χ1v) is 8.40. The van der Waals surface area contributed by atoms with E-state index < -0.39 is 0 Å². The summed E-state index contributed by atoms with van der Waals surface area (Å²) in [7, 11) is 0. The highest BCUT2D eigenvalue weighted by Crippen LogP contribution is 2.33. The molecule has 1 aliphatic rings. The molecule has 0 aliphatic heterocycles. The van der Waals surface area contributed by atoms with E-state index in [4.69, 9.17) is 16.0 Å². The first-order valence-electron chi connectivity index (χ1n) is 8.02. The van der Waals surface area contributed by atoms with E-state index in [1.54, 1.807) is 18.5 Å². The smallest absolute Gasteiger partial charge is 0.290 e. The van der Waals surface area contributed by atoms with Crippen LogP contribution in [0.4, 0.5) is 0 Å². The predicted molar refractivity (Wildman–Crippen MR) is 93.1 cm³/mol. The van der Waals surface area contributed by atoms with Crippen LogP contribution in [0.1, 0.15) is 34.5 Å². The van der Waals surface area contributed by atoms with Gasteiger partial charge in [-0.3, -0.25) is 9.78 Å². The molecule has 1 aliphatic carbocycles. The van der Waals surface area contributed by atoms with Crippen LogP contribution in [0.15, 0.2) is 47.1 Å². The summed E-state index contributed by atoms with van der Waals surface area (Å²) in [6, 6.07) is 9.60. The van der Waals surface area contributed by atoms with E-state index in [-0.39, 0.29) is 5.91 Å². The SMILES string of the molecule is Cc1c(C(=O)N(Cc2ccncc2)C2CC2)oc2ccc(Cl)cc12. The van der Waals surface area contributed by atoms with Crippen LogP contribution >= 0.6 is 11.6 Å². The van der Waals surface area contributed by atoms with E-state index in [2.05, 4.69) is 4.98 Å². The molecule has 2 heterocycles. The topological polar surface area (TPSA) is 46.3 Å². The zero-order valence-electron chi connectivity index (χ0n) is 13.3. The summed E-state index contributed by atoms with van der Waals surface area (Å²) in [5.74, 6) is 0.354. The molecule has 3 aromatic rings. The molecule has 1 amide bonds. The maximum atomic E-state index is 13.1. The fraction of sp³-hybridized carbons (Fsp3) is 0.263. The molecule has 24 heavy (non-hydrogen) atoms. The Hall–Kier alpha value is -2.33. The third kappa shape index (κ3) is 2.78. The number of aryl methyl sites for hydroxylation is 1. The Kier molecular flexibility index (Phi) is 3.77. The van der Waals surface area contributed by atoms with Crippen LogP contribution in [-0.2, 0) is 6.54 Å². The Labute approximate surface area is 145 Å². The molecule has 1 saturated carbocycles. The van der Waals surface area contributed by atoms with Crippen LogP contribution in [0.3, 0.4) is 0 Å². The summed E-state index contributed by atoms with van der Waals surface area (Å²) in [5, 5.41) is 1.53.